The Balaban J connectivity index is 0.000000845. The van der Waals surface area contributed by atoms with Gasteiger partial charge in [-0.25, -0.2) is 0 Å². The highest BCUT2D eigenvalue weighted by Crippen LogP contribution is 2.27. The minimum atomic E-state index is 0. The topological polar surface area (TPSA) is 35.2 Å². The van der Waals surface area contributed by atoms with Crippen LogP contribution in [0.5, 0.6) is 5.75 Å². The first kappa shape index (κ1) is 10.4. The lowest BCUT2D eigenvalue weighted by Crippen LogP contribution is -2.04. The predicted molar refractivity (Wildman–Crippen MR) is 55.5 cm³/mol. The first-order chi connectivity index (χ1) is 5.77. The minimum Gasteiger partial charge on any atom is -0.493 e. The van der Waals surface area contributed by atoms with Gasteiger partial charge in [-0.05, 0) is 24.1 Å². The lowest BCUT2D eigenvalue weighted by molar-refractivity contribution is 0.357. The van der Waals surface area contributed by atoms with Crippen LogP contribution in [0, 0.1) is 0 Å². The second-order valence-electron chi connectivity index (χ2n) is 3.25. The Morgan fingerprint density at radius 1 is 1.46 bits per heavy atom. The van der Waals surface area contributed by atoms with E-state index >= 15 is 0 Å². The molecule has 0 aliphatic carbocycles. The Labute approximate surface area is 84.5 Å². The van der Waals surface area contributed by atoms with Gasteiger partial charge in [0.1, 0.15) is 5.75 Å². The second kappa shape index (κ2) is 3.99. The number of rotatable bonds is 1. The van der Waals surface area contributed by atoms with E-state index < -0.39 is 0 Å². The molecule has 72 valence electrons. The van der Waals surface area contributed by atoms with E-state index in [1.165, 1.54) is 11.1 Å². The highest BCUT2D eigenvalue weighted by molar-refractivity contribution is 5.85. The smallest absolute Gasteiger partial charge is 0.122 e. The molecule has 0 saturated heterocycles. The molecule has 2 N–H and O–H groups in total. The SMILES string of the molecule is C[C@H](N)c1ccc2c(c1)CCO2.Cl. The monoisotopic (exact) mass is 199 g/mol. The van der Waals surface area contributed by atoms with Crippen molar-refractivity contribution in [1.29, 1.82) is 0 Å². The summed E-state index contributed by atoms with van der Waals surface area (Å²) in [6.45, 7) is 2.81. The summed E-state index contributed by atoms with van der Waals surface area (Å²) in [6, 6.07) is 6.32. The van der Waals surface area contributed by atoms with Gasteiger partial charge in [-0.2, -0.15) is 0 Å². The van der Waals surface area contributed by atoms with Crippen molar-refractivity contribution in [2.24, 2.45) is 5.73 Å². The van der Waals surface area contributed by atoms with Crippen molar-refractivity contribution < 1.29 is 4.74 Å². The van der Waals surface area contributed by atoms with E-state index in [1.807, 2.05) is 19.1 Å². The van der Waals surface area contributed by atoms with Crippen molar-refractivity contribution in [3.63, 3.8) is 0 Å². The summed E-state index contributed by atoms with van der Waals surface area (Å²) in [5, 5.41) is 0. The van der Waals surface area contributed by atoms with Crippen LogP contribution in [-0.2, 0) is 6.42 Å². The van der Waals surface area contributed by atoms with Gasteiger partial charge in [0.25, 0.3) is 0 Å². The van der Waals surface area contributed by atoms with Gasteiger partial charge in [-0.3, -0.25) is 0 Å². The molecule has 0 saturated carbocycles. The fourth-order valence-corrected chi connectivity index (χ4v) is 1.49. The van der Waals surface area contributed by atoms with Gasteiger partial charge in [0.05, 0.1) is 6.61 Å². The van der Waals surface area contributed by atoms with E-state index in [9.17, 15) is 0 Å². The van der Waals surface area contributed by atoms with Crippen molar-refractivity contribution in [1.82, 2.24) is 0 Å². The molecule has 3 heteroatoms. The van der Waals surface area contributed by atoms with E-state index in [1.54, 1.807) is 0 Å². The van der Waals surface area contributed by atoms with Crippen molar-refractivity contribution in [2.45, 2.75) is 19.4 Å². The molecule has 0 bridgehead atoms. The molecule has 0 unspecified atom stereocenters. The summed E-state index contributed by atoms with van der Waals surface area (Å²) in [6.07, 6.45) is 1.02. The summed E-state index contributed by atoms with van der Waals surface area (Å²) in [7, 11) is 0. The molecule has 0 amide bonds. The number of hydrogen-bond acceptors (Lipinski definition) is 2. The fraction of sp³-hybridized carbons (Fsp3) is 0.400. The number of halogens is 1. The van der Waals surface area contributed by atoms with Gasteiger partial charge in [-0.1, -0.05) is 12.1 Å². The zero-order valence-electron chi connectivity index (χ0n) is 7.62. The van der Waals surface area contributed by atoms with Gasteiger partial charge in [0.15, 0.2) is 0 Å². The van der Waals surface area contributed by atoms with E-state index in [4.69, 9.17) is 10.5 Å². The molecule has 0 radical (unpaired) electrons. The highest BCUT2D eigenvalue weighted by Gasteiger charge is 2.12. The molecule has 1 aliphatic rings. The largest absolute Gasteiger partial charge is 0.493 e. The molecule has 0 fully saturated rings. The molecule has 1 aliphatic heterocycles. The Hall–Kier alpha value is -0.730. The van der Waals surface area contributed by atoms with Crippen molar-refractivity contribution in [3.05, 3.63) is 29.3 Å². The summed E-state index contributed by atoms with van der Waals surface area (Å²) in [5.41, 5.74) is 8.26. The van der Waals surface area contributed by atoms with Crippen LogP contribution in [0.15, 0.2) is 18.2 Å². The second-order valence-corrected chi connectivity index (χ2v) is 3.25. The van der Waals surface area contributed by atoms with E-state index in [0.29, 0.717) is 0 Å². The van der Waals surface area contributed by atoms with Crippen LogP contribution < -0.4 is 10.5 Å². The quantitative estimate of drug-likeness (QED) is 0.752. The summed E-state index contributed by atoms with van der Waals surface area (Å²) >= 11 is 0. The number of benzene rings is 1. The van der Waals surface area contributed by atoms with Gasteiger partial charge < -0.3 is 10.5 Å². The summed E-state index contributed by atoms with van der Waals surface area (Å²) in [4.78, 5) is 0. The van der Waals surface area contributed by atoms with Crippen molar-refractivity contribution in [2.75, 3.05) is 6.61 Å². The average Bonchev–Trinajstić information content (AvgIpc) is 2.49. The molecule has 1 aromatic rings. The standard InChI is InChI=1S/C10H13NO.ClH/c1-7(11)8-2-3-10-9(6-8)4-5-12-10;/h2-3,6-7H,4-5,11H2,1H3;1H/t7-;/m0./s1. The van der Waals surface area contributed by atoms with Gasteiger partial charge in [-0.15, -0.1) is 12.4 Å². The first-order valence-electron chi connectivity index (χ1n) is 4.28. The fourth-order valence-electron chi connectivity index (χ4n) is 1.49. The molecular weight excluding hydrogens is 186 g/mol. The highest BCUT2D eigenvalue weighted by atomic mass is 35.5. The Morgan fingerprint density at radius 2 is 2.23 bits per heavy atom. The molecule has 2 nitrogen and oxygen atoms in total. The normalized spacial score (nSPS) is 15.5. The maximum Gasteiger partial charge on any atom is 0.122 e. The van der Waals surface area contributed by atoms with Gasteiger partial charge in [0, 0.05) is 12.5 Å². The number of ether oxygens (including phenoxy) is 1. The summed E-state index contributed by atoms with van der Waals surface area (Å²) in [5.74, 6) is 1.03. The van der Waals surface area contributed by atoms with Crippen molar-refractivity contribution >= 4 is 12.4 Å². The first-order valence-corrected chi connectivity index (χ1v) is 4.28. The number of hydrogen-bond donors (Lipinski definition) is 1. The number of nitrogens with two attached hydrogens (primary N) is 1. The maximum atomic E-state index is 5.77. The Kier molecular flexibility index (Phi) is 3.17. The van der Waals surface area contributed by atoms with E-state index in [0.717, 1.165) is 18.8 Å². The molecule has 0 aromatic heterocycles. The van der Waals surface area contributed by atoms with Gasteiger partial charge in [0.2, 0.25) is 0 Å². The van der Waals surface area contributed by atoms with Gasteiger partial charge >= 0.3 is 0 Å². The van der Waals surface area contributed by atoms with Crippen LogP contribution in [0.2, 0.25) is 0 Å². The van der Waals surface area contributed by atoms with E-state index in [2.05, 4.69) is 6.07 Å². The molecule has 1 atom stereocenters. The van der Waals surface area contributed by atoms with Crippen LogP contribution in [0.3, 0.4) is 0 Å². The zero-order valence-corrected chi connectivity index (χ0v) is 8.43. The van der Waals surface area contributed by atoms with Crippen LogP contribution >= 0.6 is 12.4 Å². The average molecular weight is 200 g/mol. The van der Waals surface area contributed by atoms with Crippen LogP contribution in [0.4, 0.5) is 0 Å². The molecule has 2 rings (SSSR count). The third kappa shape index (κ3) is 1.95. The molecule has 1 aromatic carbocycles. The predicted octanol–water partition coefficient (Wildman–Crippen LogP) is 2.06. The summed E-state index contributed by atoms with van der Waals surface area (Å²) < 4.78 is 5.39. The third-order valence-corrected chi connectivity index (χ3v) is 2.24. The van der Waals surface area contributed by atoms with Crippen LogP contribution in [-0.4, -0.2) is 6.61 Å². The molecule has 13 heavy (non-hydrogen) atoms. The third-order valence-electron chi connectivity index (χ3n) is 2.24. The van der Waals surface area contributed by atoms with Crippen LogP contribution in [0.1, 0.15) is 24.1 Å². The Morgan fingerprint density at radius 3 is 2.92 bits per heavy atom. The Bertz CT molecular complexity index is 299. The minimum absolute atomic E-state index is 0. The molecular formula is C10H14ClNO. The zero-order chi connectivity index (χ0) is 8.55. The van der Waals surface area contributed by atoms with E-state index in [-0.39, 0.29) is 18.4 Å². The lowest BCUT2D eigenvalue weighted by atomic mass is 10.0. The lowest BCUT2D eigenvalue weighted by Gasteiger charge is -2.06. The van der Waals surface area contributed by atoms with Crippen LogP contribution in [0.25, 0.3) is 0 Å². The molecule has 1 heterocycles. The maximum absolute atomic E-state index is 5.77. The molecule has 0 spiro atoms. The number of fused-ring (bicyclic) bond motifs is 1. The van der Waals surface area contributed by atoms with Crippen molar-refractivity contribution in [3.8, 4) is 5.75 Å².